The molecule has 1 aromatic carbocycles. The number of ether oxygens (including phenoxy) is 3. The van der Waals surface area contributed by atoms with Gasteiger partial charge >= 0.3 is 0 Å². The highest BCUT2D eigenvalue weighted by atomic mass is 16.5. The molecule has 2 saturated carbocycles. The second-order valence-electron chi connectivity index (χ2n) is 8.91. The first kappa shape index (κ1) is 20.7. The Morgan fingerprint density at radius 2 is 1.33 bits per heavy atom. The van der Waals surface area contributed by atoms with Crippen molar-refractivity contribution in [2.45, 2.75) is 68.9 Å². The molecule has 30 heavy (non-hydrogen) atoms. The van der Waals surface area contributed by atoms with Crippen molar-refractivity contribution in [3.05, 3.63) is 12.1 Å². The Hall–Kier alpha value is -2.60. The smallest absolute Gasteiger partial charge is 0.203 e. The molecule has 1 heterocycles. The lowest BCUT2D eigenvalue weighted by Crippen LogP contribution is -2.71. The highest BCUT2D eigenvalue weighted by Gasteiger charge is 2.62. The Morgan fingerprint density at radius 3 is 1.73 bits per heavy atom. The van der Waals surface area contributed by atoms with E-state index in [1.54, 1.807) is 21.3 Å². The van der Waals surface area contributed by atoms with Gasteiger partial charge in [-0.3, -0.25) is 0 Å². The minimum atomic E-state index is -0.674. The van der Waals surface area contributed by atoms with Crippen LogP contribution in [0.4, 0.5) is 5.69 Å². The van der Waals surface area contributed by atoms with Crippen LogP contribution in [-0.4, -0.2) is 32.4 Å². The molecule has 3 fully saturated rings. The summed E-state index contributed by atoms with van der Waals surface area (Å²) in [6, 6.07) is 9.29. The molecular weight excluding hydrogens is 378 g/mol. The third-order valence-corrected chi connectivity index (χ3v) is 7.73. The van der Waals surface area contributed by atoms with Crippen LogP contribution in [0, 0.1) is 34.5 Å². The lowest BCUT2D eigenvalue weighted by atomic mass is 9.57. The molecule has 4 rings (SSSR count). The molecule has 6 nitrogen and oxygen atoms in total. The van der Waals surface area contributed by atoms with Crippen LogP contribution in [0.2, 0.25) is 0 Å². The van der Waals surface area contributed by atoms with Crippen LogP contribution in [0.5, 0.6) is 17.2 Å². The van der Waals surface area contributed by atoms with Gasteiger partial charge in [0, 0.05) is 17.8 Å². The van der Waals surface area contributed by atoms with Crippen LogP contribution in [0.3, 0.4) is 0 Å². The molecule has 1 saturated heterocycles. The van der Waals surface area contributed by atoms with Crippen LogP contribution in [0.15, 0.2) is 12.1 Å². The third kappa shape index (κ3) is 2.81. The molecule has 1 aromatic rings. The van der Waals surface area contributed by atoms with Crippen LogP contribution in [-0.2, 0) is 0 Å². The summed E-state index contributed by atoms with van der Waals surface area (Å²) >= 11 is 0. The zero-order valence-electron chi connectivity index (χ0n) is 18.2. The largest absolute Gasteiger partial charge is 0.493 e. The molecule has 2 aliphatic carbocycles. The number of fused-ring (bicyclic) bond motifs is 2. The van der Waals surface area contributed by atoms with E-state index in [-0.39, 0.29) is 11.8 Å². The molecule has 4 atom stereocenters. The molecule has 6 heteroatoms. The van der Waals surface area contributed by atoms with E-state index in [2.05, 4.69) is 17.0 Å². The Balaban J connectivity index is 1.97. The molecule has 4 unspecified atom stereocenters. The summed E-state index contributed by atoms with van der Waals surface area (Å²) in [7, 11) is 4.79. The summed E-state index contributed by atoms with van der Waals surface area (Å²) in [4.78, 5) is 2.20. The van der Waals surface area contributed by atoms with E-state index in [9.17, 15) is 10.5 Å². The van der Waals surface area contributed by atoms with E-state index in [1.807, 2.05) is 12.1 Å². The van der Waals surface area contributed by atoms with E-state index in [0.717, 1.165) is 63.5 Å². The van der Waals surface area contributed by atoms with Crippen molar-refractivity contribution >= 4 is 5.69 Å². The lowest BCUT2D eigenvalue weighted by molar-refractivity contribution is 0.0614. The molecule has 0 aromatic heterocycles. The highest BCUT2D eigenvalue weighted by Crippen LogP contribution is 2.58. The number of anilines is 1. The van der Waals surface area contributed by atoms with Gasteiger partial charge in [0.25, 0.3) is 0 Å². The summed E-state index contributed by atoms with van der Waals surface area (Å²) < 4.78 is 16.8. The quantitative estimate of drug-likeness (QED) is 0.709. The van der Waals surface area contributed by atoms with Crippen molar-refractivity contribution in [2.75, 3.05) is 26.2 Å². The Morgan fingerprint density at radius 1 is 0.833 bits per heavy atom. The average Bonchev–Trinajstić information content (AvgIpc) is 2.81. The van der Waals surface area contributed by atoms with Gasteiger partial charge in [0.1, 0.15) is 11.1 Å². The van der Waals surface area contributed by atoms with E-state index in [0.29, 0.717) is 17.2 Å². The van der Waals surface area contributed by atoms with E-state index in [4.69, 9.17) is 14.2 Å². The fourth-order valence-corrected chi connectivity index (χ4v) is 6.42. The molecule has 0 radical (unpaired) electrons. The summed E-state index contributed by atoms with van der Waals surface area (Å²) in [6.45, 7) is 0. The number of benzene rings is 1. The first-order valence-corrected chi connectivity index (χ1v) is 11.0. The molecule has 0 N–H and O–H groups in total. The van der Waals surface area contributed by atoms with Gasteiger partial charge in [-0.1, -0.05) is 25.7 Å². The monoisotopic (exact) mass is 409 g/mol. The van der Waals surface area contributed by atoms with E-state index >= 15 is 0 Å². The van der Waals surface area contributed by atoms with E-state index < -0.39 is 11.1 Å². The van der Waals surface area contributed by atoms with Crippen molar-refractivity contribution < 1.29 is 14.2 Å². The van der Waals surface area contributed by atoms with Crippen LogP contribution in [0.25, 0.3) is 0 Å². The van der Waals surface area contributed by atoms with Gasteiger partial charge in [-0.05, 0) is 43.9 Å². The minimum absolute atomic E-state index is 0.278. The molecule has 0 amide bonds. The first-order valence-electron chi connectivity index (χ1n) is 11.0. The summed E-state index contributed by atoms with van der Waals surface area (Å²) in [5.41, 5.74) is -0.523. The predicted molar refractivity (Wildman–Crippen MR) is 114 cm³/mol. The van der Waals surface area contributed by atoms with Gasteiger partial charge in [0.2, 0.25) is 5.75 Å². The first-order chi connectivity index (χ1) is 14.6. The fraction of sp³-hybridized carbons (Fsp3) is 0.667. The Labute approximate surface area is 179 Å². The molecular formula is C24H31N3O3. The van der Waals surface area contributed by atoms with E-state index in [1.165, 1.54) is 0 Å². The number of nitrogens with zero attached hydrogens (tertiary/aromatic N) is 3. The summed E-state index contributed by atoms with van der Waals surface area (Å²) in [5, 5.41) is 21.1. The average molecular weight is 410 g/mol. The molecule has 3 aliphatic rings. The number of rotatable bonds is 4. The van der Waals surface area contributed by atoms with Crippen LogP contribution < -0.4 is 19.1 Å². The number of hydrogen-bond acceptors (Lipinski definition) is 6. The SMILES string of the molecule is COc1cc(N2C3(C#N)CCCCC3CC3CCCCC32C#N)cc(OC)c1OC. The van der Waals surface area contributed by atoms with Crippen molar-refractivity contribution in [2.24, 2.45) is 11.8 Å². The fourth-order valence-electron chi connectivity index (χ4n) is 6.42. The number of hydrogen-bond donors (Lipinski definition) is 0. The number of piperidine rings is 1. The minimum Gasteiger partial charge on any atom is -0.493 e. The second kappa shape index (κ2) is 7.91. The molecule has 1 aliphatic heterocycles. The maximum atomic E-state index is 10.6. The molecule has 160 valence electrons. The summed E-state index contributed by atoms with van der Waals surface area (Å²) in [5.74, 6) is 2.19. The lowest BCUT2D eigenvalue weighted by Gasteiger charge is -2.62. The highest BCUT2D eigenvalue weighted by molar-refractivity contribution is 5.68. The predicted octanol–water partition coefficient (Wildman–Crippen LogP) is 4.83. The number of methoxy groups -OCH3 is 3. The maximum absolute atomic E-state index is 10.6. The maximum Gasteiger partial charge on any atom is 0.203 e. The van der Waals surface area contributed by atoms with Crippen molar-refractivity contribution in [1.82, 2.24) is 0 Å². The van der Waals surface area contributed by atoms with Gasteiger partial charge in [-0.2, -0.15) is 10.5 Å². The van der Waals surface area contributed by atoms with Gasteiger partial charge in [-0.15, -0.1) is 0 Å². The Kier molecular flexibility index (Phi) is 5.45. The zero-order chi connectivity index (χ0) is 21.4. The number of nitriles is 2. The van der Waals surface area contributed by atoms with Crippen molar-refractivity contribution in [3.63, 3.8) is 0 Å². The van der Waals surface area contributed by atoms with Gasteiger partial charge in [0.15, 0.2) is 11.5 Å². The van der Waals surface area contributed by atoms with Gasteiger partial charge in [0.05, 0.1) is 33.5 Å². The third-order valence-electron chi connectivity index (χ3n) is 7.73. The summed E-state index contributed by atoms with van der Waals surface area (Å²) in [6.07, 6.45) is 8.99. The molecule has 0 spiro atoms. The molecule has 0 bridgehead atoms. The Bertz CT molecular complexity index is 824. The van der Waals surface area contributed by atoms with Gasteiger partial charge < -0.3 is 19.1 Å². The van der Waals surface area contributed by atoms with Crippen molar-refractivity contribution in [3.8, 4) is 29.4 Å². The normalized spacial score (nSPS) is 32.8. The van der Waals surface area contributed by atoms with Crippen LogP contribution in [0.1, 0.15) is 57.8 Å². The standard InChI is InChI=1S/C24H31N3O3/c1-28-20-13-19(14-21(29-2)22(20)30-3)27-23(15-25)10-6-4-8-17(23)12-18-9-5-7-11-24(18,27)16-26/h13-14,17-18H,4-12H2,1-3H3. The van der Waals surface area contributed by atoms with Crippen molar-refractivity contribution in [1.29, 1.82) is 10.5 Å². The zero-order valence-corrected chi connectivity index (χ0v) is 18.2. The van der Waals surface area contributed by atoms with Gasteiger partial charge in [-0.25, -0.2) is 0 Å². The van der Waals surface area contributed by atoms with Crippen LogP contribution >= 0.6 is 0 Å². The second-order valence-corrected chi connectivity index (χ2v) is 8.91. The topological polar surface area (TPSA) is 78.5 Å².